The van der Waals surface area contributed by atoms with Gasteiger partial charge in [-0.15, -0.1) is 0 Å². The Kier molecular flexibility index (Phi) is 8.86. The molecule has 11 heteroatoms. The van der Waals surface area contributed by atoms with Crippen molar-refractivity contribution in [1.82, 2.24) is 18.4 Å². The van der Waals surface area contributed by atoms with Gasteiger partial charge in [0.05, 0.1) is 10.9 Å². The van der Waals surface area contributed by atoms with Gasteiger partial charge in [-0.3, -0.25) is 28.0 Å². The number of rotatable bonds is 10. The zero-order valence-electron chi connectivity index (χ0n) is 20.3. The van der Waals surface area contributed by atoms with Crippen LogP contribution in [-0.4, -0.2) is 81.7 Å². The molecule has 3 aliphatic heterocycles. The van der Waals surface area contributed by atoms with Crippen molar-refractivity contribution in [2.45, 2.75) is 19.3 Å². The van der Waals surface area contributed by atoms with Crippen LogP contribution in [0.4, 0.5) is 0 Å². The number of benzene rings is 2. The second-order valence-electron chi connectivity index (χ2n) is 8.68. The summed E-state index contributed by atoms with van der Waals surface area (Å²) in [7, 11) is -0.348. The van der Waals surface area contributed by atoms with Crippen molar-refractivity contribution in [3.63, 3.8) is 0 Å². The molecule has 194 valence electrons. The molecule has 2 aromatic carbocycles. The molecule has 0 aliphatic carbocycles. The van der Waals surface area contributed by atoms with E-state index in [2.05, 4.69) is 18.4 Å². The Bertz CT molecular complexity index is 1130. The van der Waals surface area contributed by atoms with E-state index in [1.54, 1.807) is 0 Å². The van der Waals surface area contributed by atoms with Crippen molar-refractivity contribution in [2.24, 2.45) is 0 Å². The lowest BCUT2D eigenvalue weighted by Crippen LogP contribution is -2.52. The molecule has 0 unspecified atom stereocenters. The third-order valence-electron chi connectivity index (χ3n) is 6.19. The van der Waals surface area contributed by atoms with E-state index in [1.807, 2.05) is 60.7 Å². The van der Waals surface area contributed by atoms with Gasteiger partial charge in [-0.2, -0.15) is 0 Å². The molecule has 5 rings (SSSR count). The zero-order valence-corrected chi connectivity index (χ0v) is 24.4. The van der Waals surface area contributed by atoms with Crippen LogP contribution >= 0.6 is 58.8 Å². The maximum Gasteiger partial charge on any atom is 0.219 e. The molecule has 0 spiro atoms. The lowest BCUT2D eigenvalue weighted by atomic mass is 10.2. The summed E-state index contributed by atoms with van der Waals surface area (Å²) in [6.07, 6.45) is 2.73. The summed E-state index contributed by atoms with van der Waals surface area (Å²) in [5.41, 5.74) is 1.48. The molecular formula is C26H28N4O2S5. The fourth-order valence-corrected chi connectivity index (χ4v) is 9.51. The van der Waals surface area contributed by atoms with Crippen molar-refractivity contribution in [2.75, 3.05) is 37.7 Å². The topological polar surface area (TPSA) is 47.1 Å². The van der Waals surface area contributed by atoms with E-state index in [9.17, 15) is 9.59 Å². The molecule has 3 heterocycles. The third kappa shape index (κ3) is 5.75. The number of hydrogen-bond acceptors (Lipinski definition) is 6. The van der Waals surface area contributed by atoms with E-state index >= 15 is 0 Å². The first-order valence-corrected chi connectivity index (χ1v) is 16.2. The molecule has 6 nitrogen and oxygen atoms in total. The number of nitrogens with zero attached hydrogens (tertiary/aromatic N) is 4. The first-order valence-electron chi connectivity index (χ1n) is 12.3. The molecule has 0 atom stereocenters. The lowest BCUT2D eigenvalue weighted by molar-refractivity contribution is 0.108. The summed E-state index contributed by atoms with van der Waals surface area (Å²) < 4.78 is 4.61. The first kappa shape index (κ1) is 26.7. The lowest BCUT2D eigenvalue weighted by Gasteiger charge is -2.37. The Morgan fingerprint density at radius 2 is 1.16 bits per heavy atom. The van der Waals surface area contributed by atoms with Crippen LogP contribution in [0.2, 0.25) is 0 Å². The van der Waals surface area contributed by atoms with Crippen LogP contribution in [0.5, 0.6) is 0 Å². The van der Waals surface area contributed by atoms with Crippen LogP contribution in [0.25, 0.3) is 0 Å². The van der Waals surface area contributed by atoms with Gasteiger partial charge in [-0.05, 0) is 43.7 Å². The summed E-state index contributed by atoms with van der Waals surface area (Å²) in [5.74, 6) is 1.48. The standard InChI is InChI=1S/C26H28N4O2S5/c31-22(20-10-3-1-4-11-20)35-18-8-16-29-24(33)27-14-7-15-28-25(34)30(37(29)26(27)28)17-9-19-36-23(32)21-12-5-2-6-13-21/h1-6,10-13H,7-9,14-19H2. The summed E-state index contributed by atoms with van der Waals surface area (Å²) in [6, 6.07) is 18.9. The average molecular weight is 589 g/mol. The summed E-state index contributed by atoms with van der Waals surface area (Å²) in [6.45, 7) is 3.41. The molecular weight excluding hydrogens is 561 g/mol. The maximum absolute atomic E-state index is 12.5. The highest BCUT2D eigenvalue weighted by molar-refractivity contribution is 8.15. The largest absolute Gasteiger partial charge is 0.296 e. The minimum Gasteiger partial charge on any atom is -0.296 e. The minimum atomic E-state index is -0.348. The Balaban J connectivity index is 1.19. The molecule has 1 saturated heterocycles. The molecule has 0 amide bonds. The second-order valence-corrected chi connectivity index (χ2v) is 13.3. The Labute approximate surface area is 239 Å². The van der Waals surface area contributed by atoms with Crippen LogP contribution < -0.4 is 0 Å². The highest BCUT2D eigenvalue weighted by Gasteiger charge is 2.48. The third-order valence-corrected chi connectivity index (χ3v) is 11.6. The van der Waals surface area contributed by atoms with Crippen molar-refractivity contribution < 1.29 is 9.59 Å². The molecule has 0 bridgehead atoms. The van der Waals surface area contributed by atoms with Gasteiger partial charge in [-0.25, -0.2) is 0 Å². The van der Waals surface area contributed by atoms with Gasteiger partial charge in [0.1, 0.15) is 0 Å². The SMILES string of the molecule is O=C(SCCCN1C(=S)N2CCCN3C(=S)N(CCCSC(=O)c4ccccc4)S1=C23)c1ccccc1. The zero-order chi connectivity index (χ0) is 25.8. The van der Waals surface area contributed by atoms with E-state index in [4.69, 9.17) is 24.4 Å². The van der Waals surface area contributed by atoms with E-state index in [-0.39, 0.29) is 21.1 Å². The van der Waals surface area contributed by atoms with Crippen LogP contribution in [0.1, 0.15) is 40.0 Å². The molecule has 2 aromatic rings. The Morgan fingerprint density at radius 3 is 1.59 bits per heavy atom. The van der Waals surface area contributed by atoms with Gasteiger partial charge in [0.15, 0.2) is 15.3 Å². The van der Waals surface area contributed by atoms with Gasteiger partial charge in [-0.1, -0.05) is 84.2 Å². The van der Waals surface area contributed by atoms with Gasteiger partial charge >= 0.3 is 0 Å². The highest BCUT2D eigenvalue weighted by atomic mass is 32.2. The molecule has 0 aromatic heterocycles. The minimum absolute atomic E-state index is 0.108. The number of hydrogen-bond donors (Lipinski definition) is 0. The molecule has 0 saturated carbocycles. The van der Waals surface area contributed by atoms with Gasteiger partial charge in [0, 0.05) is 48.8 Å². The normalized spacial score (nSPS) is 17.1. The smallest absolute Gasteiger partial charge is 0.219 e. The predicted octanol–water partition coefficient (Wildman–Crippen LogP) is 5.31. The van der Waals surface area contributed by atoms with E-state index in [0.717, 1.165) is 78.3 Å². The van der Waals surface area contributed by atoms with Crippen LogP contribution in [0.15, 0.2) is 60.7 Å². The average Bonchev–Trinajstić information content (AvgIpc) is 3.38. The van der Waals surface area contributed by atoms with E-state index in [1.165, 1.54) is 28.6 Å². The summed E-state index contributed by atoms with van der Waals surface area (Å²) in [4.78, 5) is 29.5. The van der Waals surface area contributed by atoms with Gasteiger partial charge in [0.25, 0.3) is 0 Å². The number of carbonyl (C=O) groups is 2. The van der Waals surface area contributed by atoms with Crippen LogP contribution in [0, 0.1) is 0 Å². The van der Waals surface area contributed by atoms with Crippen LogP contribution in [0.3, 0.4) is 0 Å². The Hall–Kier alpha value is -1.92. The fraction of sp³-hybridized carbons (Fsp3) is 0.346. The predicted molar refractivity (Wildman–Crippen MR) is 165 cm³/mol. The quantitative estimate of drug-likeness (QED) is 0.270. The monoisotopic (exact) mass is 588 g/mol. The summed E-state index contributed by atoms with van der Waals surface area (Å²) >= 11 is 14.6. The molecule has 3 aliphatic rings. The number of carbonyl (C=O) groups excluding carboxylic acids is 2. The number of thiocarbonyl (C=S) groups is 2. The van der Waals surface area contributed by atoms with Crippen molar-refractivity contribution in [1.29, 1.82) is 0 Å². The summed E-state index contributed by atoms with van der Waals surface area (Å²) in [5, 5.41) is 3.15. The van der Waals surface area contributed by atoms with Crippen LogP contribution in [-0.2, 0) is 0 Å². The maximum atomic E-state index is 12.5. The van der Waals surface area contributed by atoms with E-state index in [0.29, 0.717) is 0 Å². The molecule has 37 heavy (non-hydrogen) atoms. The van der Waals surface area contributed by atoms with Crippen molar-refractivity contribution in [3.05, 3.63) is 71.8 Å². The van der Waals surface area contributed by atoms with Gasteiger partial charge < -0.3 is 0 Å². The molecule has 0 N–H and O–H groups in total. The fourth-order valence-electron chi connectivity index (χ4n) is 4.43. The highest BCUT2D eigenvalue weighted by Crippen LogP contribution is 2.44. The van der Waals surface area contributed by atoms with E-state index < -0.39 is 0 Å². The first-order chi connectivity index (χ1) is 18.1. The number of thioether (sulfide) groups is 2. The van der Waals surface area contributed by atoms with Crippen molar-refractivity contribution >= 4 is 84.4 Å². The molecule has 0 radical (unpaired) electrons. The van der Waals surface area contributed by atoms with Crippen molar-refractivity contribution in [3.8, 4) is 0 Å². The molecule has 1 fully saturated rings. The Morgan fingerprint density at radius 1 is 0.730 bits per heavy atom. The van der Waals surface area contributed by atoms with Gasteiger partial charge in [0.2, 0.25) is 10.2 Å². The second kappa shape index (κ2) is 12.3.